The van der Waals surface area contributed by atoms with Crippen LogP contribution in [0.3, 0.4) is 0 Å². The lowest BCUT2D eigenvalue weighted by molar-refractivity contribution is 0.208. The first kappa shape index (κ1) is 16.8. The molecule has 2 N–H and O–H groups in total. The van der Waals surface area contributed by atoms with E-state index in [1.54, 1.807) is 0 Å². The van der Waals surface area contributed by atoms with Crippen LogP contribution in [0.15, 0.2) is 0 Å². The Morgan fingerprint density at radius 2 is 2.10 bits per heavy atom. The number of halogens is 1. The van der Waals surface area contributed by atoms with Crippen molar-refractivity contribution in [3.63, 3.8) is 0 Å². The molecule has 1 aromatic rings. The molecule has 0 aromatic carbocycles. The van der Waals surface area contributed by atoms with Crippen molar-refractivity contribution in [2.45, 2.75) is 65.0 Å². The summed E-state index contributed by atoms with van der Waals surface area (Å²) in [6, 6.07) is 0.474. The highest BCUT2D eigenvalue weighted by Crippen LogP contribution is 2.14. The van der Waals surface area contributed by atoms with Gasteiger partial charge in [-0.2, -0.15) is 0 Å². The maximum Gasteiger partial charge on any atom is 0.151 e. The molecule has 1 atom stereocenters. The van der Waals surface area contributed by atoms with Crippen LogP contribution in [0.1, 0.15) is 57.5 Å². The Labute approximate surface area is 133 Å². The van der Waals surface area contributed by atoms with Gasteiger partial charge in [0.25, 0.3) is 0 Å². The molecule has 1 fully saturated rings. The van der Waals surface area contributed by atoms with Gasteiger partial charge >= 0.3 is 0 Å². The van der Waals surface area contributed by atoms with Gasteiger partial charge in [0, 0.05) is 25.6 Å². The molecule has 5 heteroatoms. The summed E-state index contributed by atoms with van der Waals surface area (Å²) in [6.45, 7) is 8.82. The van der Waals surface area contributed by atoms with Gasteiger partial charge in [-0.1, -0.05) is 31.4 Å². The van der Waals surface area contributed by atoms with E-state index in [-0.39, 0.29) is 0 Å². The number of nitrogens with zero attached hydrogens (tertiary/aromatic N) is 2. The molecule has 2 heterocycles. The molecule has 4 nitrogen and oxygen atoms in total. The summed E-state index contributed by atoms with van der Waals surface area (Å²) in [5.74, 6) is 1.02. The van der Waals surface area contributed by atoms with Crippen LogP contribution in [0.25, 0.3) is 0 Å². The fourth-order valence-corrected chi connectivity index (χ4v) is 3.11. The molecule has 1 aliphatic rings. The Hall–Kier alpha value is -0.580. The van der Waals surface area contributed by atoms with Gasteiger partial charge < -0.3 is 15.2 Å². The van der Waals surface area contributed by atoms with Crippen LogP contribution in [0.5, 0.6) is 0 Å². The highest BCUT2D eigenvalue weighted by Gasteiger charge is 2.14. The van der Waals surface area contributed by atoms with Crippen LogP contribution in [-0.2, 0) is 13.0 Å². The molecule has 1 saturated heterocycles. The Balaban J connectivity index is 1.74. The molecule has 0 spiro atoms. The Morgan fingerprint density at radius 3 is 2.81 bits per heavy atom. The summed E-state index contributed by atoms with van der Waals surface area (Å²) in [4.78, 5) is 10.3. The van der Waals surface area contributed by atoms with Gasteiger partial charge in [0.1, 0.15) is 5.82 Å². The number of hydrogen-bond donors (Lipinski definition) is 2. The second-order valence-electron chi connectivity index (χ2n) is 6.20. The van der Waals surface area contributed by atoms with E-state index in [1.807, 2.05) is 0 Å². The van der Waals surface area contributed by atoms with Crippen LogP contribution in [0.2, 0.25) is 5.15 Å². The van der Waals surface area contributed by atoms with E-state index >= 15 is 0 Å². The number of likely N-dealkylation sites (tertiary alicyclic amines) is 1. The van der Waals surface area contributed by atoms with Gasteiger partial charge in [0.15, 0.2) is 5.15 Å². The SMILES string of the molecule is CCCCc1nc(Cl)c(CNC(C)CN2CCCCC2)[nH]1. The third kappa shape index (κ3) is 5.61. The molecule has 0 amide bonds. The minimum absolute atomic E-state index is 0.474. The first-order valence-electron chi connectivity index (χ1n) is 8.38. The molecule has 0 aliphatic carbocycles. The molecular weight excluding hydrogens is 284 g/mol. The van der Waals surface area contributed by atoms with E-state index in [0.717, 1.165) is 37.4 Å². The molecule has 1 unspecified atom stereocenters. The molecule has 1 aromatic heterocycles. The Bertz CT molecular complexity index is 412. The third-order valence-corrected chi connectivity index (χ3v) is 4.47. The monoisotopic (exact) mass is 312 g/mol. The van der Waals surface area contributed by atoms with Crippen LogP contribution >= 0.6 is 11.6 Å². The van der Waals surface area contributed by atoms with Gasteiger partial charge in [0.2, 0.25) is 0 Å². The van der Waals surface area contributed by atoms with Crippen molar-refractivity contribution in [3.8, 4) is 0 Å². The third-order valence-electron chi connectivity index (χ3n) is 4.15. The first-order valence-corrected chi connectivity index (χ1v) is 8.75. The van der Waals surface area contributed by atoms with E-state index in [0.29, 0.717) is 11.2 Å². The lowest BCUT2D eigenvalue weighted by Crippen LogP contribution is -2.41. The molecule has 2 rings (SSSR count). The predicted molar refractivity (Wildman–Crippen MR) is 88.8 cm³/mol. The summed E-state index contributed by atoms with van der Waals surface area (Å²) in [7, 11) is 0. The van der Waals surface area contributed by atoms with Gasteiger partial charge in [-0.15, -0.1) is 0 Å². The number of aromatic nitrogens is 2. The highest BCUT2D eigenvalue weighted by atomic mass is 35.5. The molecule has 0 bridgehead atoms. The second-order valence-corrected chi connectivity index (χ2v) is 6.56. The normalized spacial score (nSPS) is 18.0. The Kier molecular flexibility index (Phi) is 7.00. The predicted octanol–water partition coefficient (Wildman–Crippen LogP) is 3.37. The standard InChI is InChI=1S/C16H29ClN4/c1-3-4-8-15-19-14(16(17)20-15)11-18-13(2)12-21-9-6-5-7-10-21/h13,18H,3-12H2,1-2H3,(H,19,20). The van der Waals surface area contributed by atoms with E-state index in [9.17, 15) is 0 Å². The van der Waals surface area contributed by atoms with Crippen molar-refractivity contribution in [1.29, 1.82) is 0 Å². The maximum atomic E-state index is 6.21. The number of aromatic amines is 1. The first-order chi connectivity index (χ1) is 10.2. The maximum absolute atomic E-state index is 6.21. The van der Waals surface area contributed by atoms with Crippen molar-refractivity contribution in [1.82, 2.24) is 20.2 Å². The molecular formula is C16H29ClN4. The number of imidazole rings is 1. The Morgan fingerprint density at radius 1 is 1.33 bits per heavy atom. The largest absolute Gasteiger partial charge is 0.344 e. The fourth-order valence-electron chi connectivity index (χ4n) is 2.89. The van der Waals surface area contributed by atoms with E-state index < -0.39 is 0 Å². The van der Waals surface area contributed by atoms with Gasteiger partial charge in [0.05, 0.1) is 5.69 Å². The van der Waals surface area contributed by atoms with Crippen LogP contribution in [-0.4, -0.2) is 40.5 Å². The fraction of sp³-hybridized carbons (Fsp3) is 0.812. The van der Waals surface area contributed by atoms with Gasteiger partial charge in [-0.3, -0.25) is 0 Å². The zero-order chi connectivity index (χ0) is 15.1. The van der Waals surface area contributed by atoms with E-state index in [2.05, 4.69) is 34.0 Å². The molecule has 0 radical (unpaired) electrons. The number of piperidine rings is 1. The number of aryl methyl sites for hydroxylation is 1. The van der Waals surface area contributed by atoms with Gasteiger partial charge in [-0.05, 0) is 39.3 Å². The summed E-state index contributed by atoms with van der Waals surface area (Å²) in [5.41, 5.74) is 1.02. The number of unbranched alkanes of at least 4 members (excludes halogenated alkanes) is 1. The van der Waals surface area contributed by atoms with Crippen molar-refractivity contribution in [3.05, 3.63) is 16.7 Å². The summed E-state index contributed by atoms with van der Waals surface area (Å²) in [5, 5.41) is 4.18. The number of H-pyrrole nitrogens is 1. The average molecular weight is 313 g/mol. The molecule has 0 saturated carbocycles. The second kappa shape index (κ2) is 8.76. The van der Waals surface area contributed by atoms with E-state index in [4.69, 9.17) is 11.6 Å². The van der Waals surface area contributed by atoms with Crippen LogP contribution in [0.4, 0.5) is 0 Å². The number of nitrogens with one attached hydrogen (secondary N) is 2. The minimum Gasteiger partial charge on any atom is -0.344 e. The quantitative estimate of drug-likeness (QED) is 0.773. The highest BCUT2D eigenvalue weighted by molar-refractivity contribution is 6.30. The van der Waals surface area contributed by atoms with Crippen molar-refractivity contribution >= 4 is 11.6 Å². The summed E-state index contributed by atoms with van der Waals surface area (Å²) in [6.07, 6.45) is 7.41. The summed E-state index contributed by atoms with van der Waals surface area (Å²) < 4.78 is 0. The number of hydrogen-bond acceptors (Lipinski definition) is 3. The molecule has 21 heavy (non-hydrogen) atoms. The van der Waals surface area contributed by atoms with Gasteiger partial charge in [-0.25, -0.2) is 4.98 Å². The smallest absolute Gasteiger partial charge is 0.151 e. The number of rotatable bonds is 8. The zero-order valence-corrected chi connectivity index (χ0v) is 14.2. The average Bonchev–Trinajstić information content (AvgIpc) is 2.84. The summed E-state index contributed by atoms with van der Waals surface area (Å²) >= 11 is 6.21. The zero-order valence-electron chi connectivity index (χ0n) is 13.4. The topological polar surface area (TPSA) is 44.0 Å². The van der Waals surface area contributed by atoms with Crippen molar-refractivity contribution in [2.75, 3.05) is 19.6 Å². The van der Waals surface area contributed by atoms with Crippen molar-refractivity contribution in [2.24, 2.45) is 0 Å². The van der Waals surface area contributed by atoms with Crippen LogP contribution in [0, 0.1) is 0 Å². The van der Waals surface area contributed by atoms with Crippen LogP contribution < -0.4 is 5.32 Å². The minimum atomic E-state index is 0.474. The lowest BCUT2D eigenvalue weighted by atomic mass is 10.1. The lowest BCUT2D eigenvalue weighted by Gasteiger charge is -2.29. The van der Waals surface area contributed by atoms with E-state index in [1.165, 1.54) is 38.8 Å². The molecule has 120 valence electrons. The molecule has 1 aliphatic heterocycles. The van der Waals surface area contributed by atoms with Crippen molar-refractivity contribution < 1.29 is 0 Å².